The molecule has 2 heterocycles. The van der Waals surface area contributed by atoms with E-state index < -0.39 is 35.1 Å². The van der Waals surface area contributed by atoms with E-state index >= 15 is 4.39 Å². The Morgan fingerprint density at radius 3 is 2.58 bits per heavy atom. The van der Waals surface area contributed by atoms with Crippen molar-refractivity contribution in [2.75, 3.05) is 17.2 Å². The van der Waals surface area contributed by atoms with E-state index in [1.54, 1.807) is 6.07 Å². The Hall–Kier alpha value is -4.44. The fourth-order valence-corrected chi connectivity index (χ4v) is 5.03. The number of benzene rings is 2. The third-order valence-corrected chi connectivity index (χ3v) is 7.51. The second-order valence-corrected chi connectivity index (χ2v) is 12.0. The van der Waals surface area contributed by atoms with Crippen LogP contribution in [-0.2, 0) is 5.54 Å². The molecule has 1 unspecified atom stereocenters. The quantitative estimate of drug-likeness (QED) is 0.183. The first-order chi connectivity index (χ1) is 20.1. The standard InChI is InChI=1S/C29H26ClF4N7O2/c1-27(2,3)14-37-23-15(11-35)12-36-24-19(23)9-16(10-20(24)30)38-25(17-5-4-6-18(22(17)31)26(42)43)21-13-41(40-39-21)28(7-8-28)29(32,33)34/h4-6,9-10,12-13,25,38H,7-8,14H2,1-3H3,(H,36,37)(H,42,43). The molecule has 0 radical (unpaired) electrons. The molecule has 14 heteroatoms. The highest BCUT2D eigenvalue weighted by Gasteiger charge is 2.66. The summed E-state index contributed by atoms with van der Waals surface area (Å²) in [4.78, 5) is 16.0. The normalized spacial score (nSPS) is 15.1. The van der Waals surface area contributed by atoms with Gasteiger partial charge in [0.1, 0.15) is 23.6 Å². The van der Waals surface area contributed by atoms with Gasteiger partial charge in [-0.3, -0.25) is 4.98 Å². The molecule has 0 amide bonds. The highest BCUT2D eigenvalue weighted by atomic mass is 35.5. The Bertz CT molecular complexity index is 1770. The number of nitrogens with one attached hydrogen (secondary N) is 2. The minimum absolute atomic E-state index is 0.0804. The lowest BCUT2D eigenvalue weighted by atomic mass is 9.96. The SMILES string of the molecule is CC(C)(C)CNc1c(C#N)cnc2c(Cl)cc(NC(c3cn(C4(C(F)(F)F)CC4)nn3)c3cccc(C(=O)O)c3F)cc12. The summed E-state index contributed by atoms with van der Waals surface area (Å²) < 4.78 is 57.7. The molecule has 1 aliphatic rings. The first-order valence-corrected chi connectivity index (χ1v) is 13.6. The minimum atomic E-state index is -4.58. The number of aromatic nitrogens is 4. The van der Waals surface area contributed by atoms with E-state index in [-0.39, 0.29) is 45.8 Å². The van der Waals surface area contributed by atoms with Crippen molar-refractivity contribution in [2.45, 2.75) is 51.4 Å². The second-order valence-electron chi connectivity index (χ2n) is 11.6. The van der Waals surface area contributed by atoms with Gasteiger partial charge in [-0.2, -0.15) is 18.4 Å². The molecule has 0 spiro atoms. The summed E-state index contributed by atoms with van der Waals surface area (Å²) in [5.74, 6) is -2.61. The number of aromatic carboxylic acids is 1. The van der Waals surface area contributed by atoms with Gasteiger partial charge in [0.05, 0.1) is 33.6 Å². The van der Waals surface area contributed by atoms with E-state index in [0.717, 1.165) is 16.9 Å². The average Bonchev–Trinajstić information content (AvgIpc) is 3.61. The van der Waals surface area contributed by atoms with E-state index in [9.17, 15) is 28.3 Å². The maximum Gasteiger partial charge on any atom is 0.413 e. The van der Waals surface area contributed by atoms with Crippen LogP contribution < -0.4 is 10.6 Å². The Balaban J connectivity index is 1.64. The van der Waals surface area contributed by atoms with Crippen LogP contribution in [0.25, 0.3) is 10.9 Å². The van der Waals surface area contributed by atoms with Gasteiger partial charge in [0, 0.05) is 29.4 Å². The van der Waals surface area contributed by atoms with Crippen molar-refractivity contribution < 1.29 is 27.5 Å². The third kappa shape index (κ3) is 5.67. The smallest absolute Gasteiger partial charge is 0.413 e. The average molecular weight is 616 g/mol. The van der Waals surface area contributed by atoms with E-state index in [1.165, 1.54) is 24.4 Å². The zero-order chi connectivity index (χ0) is 31.3. The lowest BCUT2D eigenvalue weighted by molar-refractivity contribution is -0.183. The summed E-state index contributed by atoms with van der Waals surface area (Å²) in [7, 11) is 0. The molecule has 3 N–H and O–H groups in total. The predicted octanol–water partition coefficient (Wildman–Crippen LogP) is 6.90. The number of pyridine rings is 1. The van der Waals surface area contributed by atoms with Gasteiger partial charge in [-0.05, 0) is 36.5 Å². The fourth-order valence-electron chi connectivity index (χ4n) is 4.77. The maximum atomic E-state index is 15.6. The number of carbonyl (C=O) groups is 1. The van der Waals surface area contributed by atoms with Crippen LogP contribution in [0.3, 0.4) is 0 Å². The van der Waals surface area contributed by atoms with Gasteiger partial charge in [-0.15, -0.1) is 5.10 Å². The zero-order valence-electron chi connectivity index (χ0n) is 23.2. The molecule has 2 aromatic carbocycles. The predicted molar refractivity (Wildman–Crippen MR) is 152 cm³/mol. The van der Waals surface area contributed by atoms with Gasteiger partial charge in [0.15, 0.2) is 5.54 Å². The van der Waals surface area contributed by atoms with Crippen LogP contribution in [0.1, 0.15) is 66.8 Å². The molecule has 1 aliphatic carbocycles. The molecular formula is C29H26ClF4N7O2. The Labute approximate surface area is 248 Å². The number of fused-ring (bicyclic) bond motifs is 1. The largest absolute Gasteiger partial charge is 0.478 e. The minimum Gasteiger partial charge on any atom is -0.478 e. The van der Waals surface area contributed by atoms with Crippen LogP contribution >= 0.6 is 11.6 Å². The Kier molecular flexibility index (Phi) is 7.46. The molecule has 1 fully saturated rings. The number of anilines is 2. The van der Waals surface area contributed by atoms with Gasteiger partial charge in [-0.25, -0.2) is 13.9 Å². The van der Waals surface area contributed by atoms with Crippen LogP contribution in [0.15, 0.2) is 42.7 Å². The lowest BCUT2D eigenvalue weighted by Gasteiger charge is -2.23. The molecule has 0 saturated heterocycles. The number of halogens is 5. The first kappa shape index (κ1) is 30.0. The highest BCUT2D eigenvalue weighted by molar-refractivity contribution is 6.35. The number of carboxylic acid groups (broad SMARTS) is 1. The molecule has 4 aromatic rings. The lowest BCUT2D eigenvalue weighted by Crippen LogP contribution is -2.35. The molecule has 5 rings (SSSR count). The van der Waals surface area contributed by atoms with Crippen molar-refractivity contribution in [2.24, 2.45) is 5.41 Å². The van der Waals surface area contributed by atoms with Crippen LogP contribution in [-0.4, -0.2) is 43.8 Å². The first-order valence-electron chi connectivity index (χ1n) is 13.2. The Morgan fingerprint density at radius 2 is 1.98 bits per heavy atom. The molecular weight excluding hydrogens is 590 g/mol. The van der Waals surface area contributed by atoms with Crippen molar-refractivity contribution in [1.29, 1.82) is 5.26 Å². The summed E-state index contributed by atoms with van der Waals surface area (Å²) in [5.41, 5.74) is -1.86. The molecule has 1 saturated carbocycles. The van der Waals surface area contributed by atoms with Crippen molar-refractivity contribution in [3.05, 3.63) is 75.9 Å². The summed E-state index contributed by atoms with van der Waals surface area (Å²) in [6.45, 7) is 6.53. The van der Waals surface area contributed by atoms with Crippen LogP contribution in [0.2, 0.25) is 5.02 Å². The number of hydrogen-bond donors (Lipinski definition) is 3. The number of nitriles is 1. The summed E-state index contributed by atoms with van der Waals surface area (Å²) in [5, 5.41) is 33.9. The van der Waals surface area contributed by atoms with Crippen molar-refractivity contribution >= 4 is 39.8 Å². The molecule has 1 atom stereocenters. The number of rotatable bonds is 8. The number of alkyl halides is 3. The third-order valence-electron chi connectivity index (χ3n) is 7.22. The maximum absolute atomic E-state index is 15.6. The molecule has 0 bridgehead atoms. The van der Waals surface area contributed by atoms with Crippen LogP contribution in [0.4, 0.5) is 28.9 Å². The van der Waals surface area contributed by atoms with Crippen LogP contribution in [0.5, 0.6) is 0 Å². The highest BCUT2D eigenvalue weighted by Crippen LogP contribution is 2.55. The van der Waals surface area contributed by atoms with Crippen molar-refractivity contribution in [3.63, 3.8) is 0 Å². The van der Waals surface area contributed by atoms with Gasteiger partial charge in [0.25, 0.3) is 0 Å². The monoisotopic (exact) mass is 615 g/mol. The van der Waals surface area contributed by atoms with Gasteiger partial charge < -0.3 is 15.7 Å². The molecule has 2 aromatic heterocycles. The number of nitrogens with zero attached hydrogens (tertiary/aromatic N) is 5. The van der Waals surface area contributed by atoms with E-state index in [0.29, 0.717) is 23.1 Å². The van der Waals surface area contributed by atoms with E-state index in [1.807, 2.05) is 20.8 Å². The second kappa shape index (κ2) is 10.7. The molecule has 0 aliphatic heterocycles. The zero-order valence-corrected chi connectivity index (χ0v) is 24.0. The van der Waals surface area contributed by atoms with Gasteiger partial charge >= 0.3 is 12.1 Å². The van der Waals surface area contributed by atoms with Gasteiger partial charge in [0.2, 0.25) is 0 Å². The summed E-state index contributed by atoms with van der Waals surface area (Å²) in [6.07, 6.45) is -2.46. The summed E-state index contributed by atoms with van der Waals surface area (Å²) in [6, 6.07) is 7.65. The molecule has 224 valence electrons. The topological polar surface area (TPSA) is 129 Å². The van der Waals surface area contributed by atoms with E-state index in [2.05, 4.69) is 32.0 Å². The number of hydrogen-bond acceptors (Lipinski definition) is 7. The fraction of sp³-hybridized carbons (Fsp3) is 0.345. The van der Waals surface area contributed by atoms with Crippen molar-refractivity contribution in [1.82, 2.24) is 20.0 Å². The van der Waals surface area contributed by atoms with E-state index in [4.69, 9.17) is 11.6 Å². The van der Waals surface area contributed by atoms with Crippen molar-refractivity contribution in [3.8, 4) is 6.07 Å². The Morgan fingerprint density at radius 1 is 1.26 bits per heavy atom. The molecule has 43 heavy (non-hydrogen) atoms. The molecule has 9 nitrogen and oxygen atoms in total. The number of carboxylic acids is 1. The van der Waals surface area contributed by atoms with Gasteiger partial charge in [-0.1, -0.05) is 49.7 Å². The summed E-state index contributed by atoms with van der Waals surface area (Å²) >= 11 is 6.59. The van der Waals surface area contributed by atoms with Crippen LogP contribution in [0, 0.1) is 22.6 Å².